The Balaban J connectivity index is 2.13. The van der Waals surface area contributed by atoms with Gasteiger partial charge in [0.05, 0.1) is 0 Å². The number of hydrogen-bond acceptors (Lipinski definition) is 3. The van der Waals surface area contributed by atoms with Gasteiger partial charge in [-0.25, -0.2) is 0 Å². The van der Waals surface area contributed by atoms with E-state index in [2.05, 4.69) is 30.6 Å². The van der Waals surface area contributed by atoms with Crippen LogP contribution in [-0.4, -0.2) is 42.9 Å². The van der Waals surface area contributed by atoms with Gasteiger partial charge in [-0.2, -0.15) is 0 Å². The van der Waals surface area contributed by atoms with Gasteiger partial charge in [0.15, 0.2) is 6.29 Å². The Labute approximate surface area is 120 Å². The summed E-state index contributed by atoms with van der Waals surface area (Å²) >= 11 is 6.04. The first-order valence-corrected chi connectivity index (χ1v) is 7.04. The lowest BCUT2D eigenvalue weighted by molar-refractivity contribution is 0.112. The smallest absolute Gasteiger partial charge is 0.152 e. The van der Waals surface area contributed by atoms with Gasteiger partial charge in [-0.05, 0) is 39.0 Å². The van der Waals surface area contributed by atoms with E-state index < -0.39 is 0 Å². The van der Waals surface area contributed by atoms with E-state index >= 15 is 0 Å². The van der Waals surface area contributed by atoms with Crippen LogP contribution in [0.2, 0.25) is 5.02 Å². The van der Waals surface area contributed by atoms with E-state index in [9.17, 15) is 4.79 Å². The second-order valence-electron chi connectivity index (χ2n) is 5.97. The van der Waals surface area contributed by atoms with Crippen LogP contribution < -0.4 is 4.90 Å². The largest absolute Gasteiger partial charge is 0.368 e. The molecule has 0 aromatic heterocycles. The zero-order valence-corrected chi connectivity index (χ0v) is 12.6. The first kappa shape index (κ1) is 14.4. The fraction of sp³-hybridized carbons (Fsp3) is 0.533. The fourth-order valence-electron chi connectivity index (χ4n) is 2.51. The molecule has 0 N–H and O–H groups in total. The summed E-state index contributed by atoms with van der Waals surface area (Å²) in [6.07, 6.45) is 0.905. The van der Waals surface area contributed by atoms with Gasteiger partial charge in [-0.3, -0.25) is 9.69 Å². The highest BCUT2D eigenvalue weighted by molar-refractivity contribution is 6.31. The Morgan fingerprint density at radius 3 is 2.32 bits per heavy atom. The molecule has 19 heavy (non-hydrogen) atoms. The topological polar surface area (TPSA) is 23.6 Å². The lowest BCUT2D eigenvalue weighted by Gasteiger charge is -2.43. The average Bonchev–Trinajstić information content (AvgIpc) is 2.38. The Hall–Kier alpha value is -1.06. The molecule has 1 aliphatic heterocycles. The summed E-state index contributed by atoms with van der Waals surface area (Å²) in [4.78, 5) is 15.8. The zero-order chi connectivity index (χ0) is 14.0. The second kappa shape index (κ2) is 5.51. The number of hydrogen-bond donors (Lipinski definition) is 0. The number of aldehydes is 1. The van der Waals surface area contributed by atoms with Crippen LogP contribution in [0.25, 0.3) is 0 Å². The number of rotatable bonds is 2. The molecular weight excluding hydrogens is 260 g/mol. The van der Waals surface area contributed by atoms with E-state index in [-0.39, 0.29) is 5.54 Å². The van der Waals surface area contributed by atoms with Crippen LogP contribution in [0.4, 0.5) is 5.69 Å². The highest BCUT2D eigenvalue weighted by Gasteiger charge is 2.26. The number of anilines is 1. The summed E-state index contributed by atoms with van der Waals surface area (Å²) in [7, 11) is 0. The summed E-state index contributed by atoms with van der Waals surface area (Å²) in [5.41, 5.74) is 1.87. The van der Waals surface area contributed by atoms with E-state index in [1.165, 1.54) is 0 Å². The van der Waals surface area contributed by atoms with Gasteiger partial charge in [0, 0.05) is 48.0 Å². The summed E-state index contributed by atoms with van der Waals surface area (Å²) in [6, 6.07) is 5.44. The lowest BCUT2D eigenvalue weighted by atomic mass is 10.0. The van der Waals surface area contributed by atoms with Gasteiger partial charge in [0.1, 0.15) is 0 Å². The molecule has 0 amide bonds. The minimum absolute atomic E-state index is 0.202. The molecule has 0 aliphatic carbocycles. The fourth-order valence-corrected chi connectivity index (χ4v) is 2.67. The van der Waals surface area contributed by atoms with Crippen LogP contribution in [0.5, 0.6) is 0 Å². The van der Waals surface area contributed by atoms with E-state index in [1.54, 1.807) is 12.1 Å². The quantitative estimate of drug-likeness (QED) is 0.778. The van der Waals surface area contributed by atoms with Gasteiger partial charge in [-0.15, -0.1) is 0 Å². The molecule has 4 heteroatoms. The first-order chi connectivity index (χ1) is 8.91. The summed E-state index contributed by atoms with van der Waals surface area (Å²) < 4.78 is 0. The van der Waals surface area contributed by atoms with Crippen LogP contribution >= 0.6 is 11.6 Å². The van der Waals surface area contributed by atoms with Gasteiger partial charge in [-0.1, -0.05) is 11.6 Å². The van der Waals surface area contributed by atoms with Crippen molar-refractivity contribution >= 4 is 23.6 Å². The predicted molar refractivity (Wildman–Crippen MR) is 80.4 cm³/mol. The van der Waals surface area contributed by atoms with Crippen LogP contribution in [0.1, 0.15) is 31.1 Å². The van der Waals surface area contributed by atoms with Crippen LogP contribution in [0.3, 0.4) is 0 Å². The normalized spacial score (nSPS) is 17.6. The number of benzene rings is 1. The molecule has 0 radical (unpaired) electrons. The molecule has 0 saturated carbocycles. The average molecular weight is 281 g/mol. The standard InChI is InChI=1S/C15H21ClN2O/c1-15(2,3)18-8-6-17(7-9-18)14-10-13(16)5-4-12(14)11-19/h4-5,10-11H,6-9H2,1-3H3. The first-order valence-electron chi connectivity index (χ1n) is 6.66. The minimum atomic E-state index is 0.202. The van der Waals surface area contributed by atoms with Gasteiger partial charge in [0.2, 0.25) is 0 Å². The molecule has 3 nitrogen and oxygen atoms in total. The number of carbonyl (C=O) groups is 1. The molecule has 0 spiro atoms. The second-order valence-corrected chi connectivity index (χ2v) is 6.40. The molecule has 0 atom stereocenters. The van der Waals surface area contributed by atoms with Crippen molar-refractivity contribution in [2.24, 2.45) is 0 Å². The van der Waals surface area contributed by atoms with Crippen molar-refractivity contribution in [1.82, 2.24) is 4.90 Å². The van der Waals surface area contributed by atoms with Crippen LogP contribution in [-0.2, 0) is 0 Å². The maximum atomic E-state index is 11.1. The number of nitrogens with zero attached hydrogens (tertiary/aromatic N) is 2. The minimum Gasteiger partial charge on any atom is -0.368 e. The zero-order valence-electron chi connectivity index (χ0n) is 11.8. The maximum Gasteiger partial charge on any atom is 0.152 e. The molecule has 2 rings (SSSR count). The summed E-state index contributed by atoms with van der Waals surface area (Å²) in [5.74, 6) is 0. The van der Waals surface area contributed by atoms with Gasteiger partial charge < -0.3 is 4.90 Å². The lowest BCUT2D eigenvalue weighted by Crippen LogP contribution is -2.53. The molecule has 1 saturated heterocycles. The molecule has 1 fully saturated rings. The summed E-state index contributed by atoms with van der Waals surface area (Å²) in [5, 5.41) is 0.679. The molecule has 1 heterocycles. The van der Waals surface area contributed by atoms with Crippen molar-refractivity contribution in [3.63, 3.8) is 0 Å². The third-order valence-electron chi connectivity index (χ3n) is 3.69. The highest BCUT2D eigenvalue weighted by Crippen LogP contribution is 2.26. The number of piperazine rings is 1. The van der Waals surface area contributed by atoms with Crippen LogP contribution in [0.15, 0.2) is 18.2 Å². The maximum absolute atomic E-state index is 11.1. The predicted octanol–water partition coefficient (Wildman–Crippen LogP) is 3.07. The van der Waals surface area contributed by atoms with E-state index in [4.69, 9.17) is 11.6 Å². The Kier molecular flexibility index (Phi) is 4.16. The molecule has 1 aromatic carbocycles. The molecule has 1 aromatic rings. The third kappa shape index (κ3) is 3.28. The van der Waals surface area contributed by atoms with E-state index in [0.717, 1.165) is 38.2 Å². The monoisotopic (exact) mass is 280 g/mol. The molecular formula is C15H21ClN2O. The molecule has 1 aliphatic rings. The highest BCUT2D eigenvalue weighted by atomic mass is 35.5. The van der Waals surface area contributed by atoms with Crippen molar-refractivity contribution in [3.8, 4) is 0 Å². The molecule has 104 valence electrons. The van der Waals surface area contributed by atoms with Gasteiger partial charge in [0.25, 0.3) is 0 Å². The van der Waals surface area contributed by atoms with Crippen molar-refractivity contribution in [1.29, 1.82) is 0 Å². The molecule has 0 unspecified atom stereocenters. The Morgan fingerprint density at radius 2 is 1.79 bits per heavy atom. The Morgan fingerprint density at radius 1 is 1.16 bits per heavy atom. The number of halogens is 1. The summed E-state index contributed by atoms with van der Waals surface area (Å²) in [6.45, 7) is 10.6. The van der Waals surface area contributed by atoms with Crippen LogP contribution in [0, 0.1) is 0 Å². The van der Waals surface area contributed by atoms with E-state index in [0.29, 0.717) is 10.6 Å². The van der Waals surface area contributed by atoms with E-state index in [1.807, 2.05) is 6.07 Å². The van der Waals surface area contributed by atoms with Gasteiger partial charge >= 0.3 is 0 Å². The third-order valence-corrected chi connectivity index (χ3v) is 3.92. The number of carbonyl (C=O) groups excluding carboxylic acids is 1. The van der Waals surface area contributed by atoms with Crippen molar-refractivity contribution in [2.75, 3.05) is 31.1 Å². The van der Waals surface area contributed by atoms with Crippen molar-refractivity contribution < 1.29 is 4.79 Å². The SMILES string of the molecule is CC(C)(C)N1CCN(c2cc(Cl)ccc2C=O)CC1. The van der Waals surface area contributed by atoms with Crippen molar-refractivity contribution in [2.45, 2.75) is 26.3 Å². The Bertz CT molecular complexity index is 460. The van der Waals surface area contributed by atoms with Crippen molar-refractivity contribution in [3.05, 3.63) is 28.8 Å². The molecule has 0 bridgehead atoms.